The van der Waals surface area contributed by atoms with Gasteiger partial charge in [-0.3, -0.25) is 9.69 Å². The molecule has 0 spiro atoms. The van der Waals surface area contributed by atoms with Gasteiger partial charge in [0.05, 0.1) is 10.2 Å². The molecule has 130 valence electrons. The molecule has 7 heteroatoms. The molecular weight excluding hydrogens is 466 g/mol. The Morgan fingerprint density at radius 3 is 2.56 bits per heavy atom. The van der Waals surface area contributed by atoms with Crippen LogP contribution in [-0.4, -0.2) is 43.0 Å². The lowest BCUT2D eigenvalue weighted by atomic mass is 10.2. The molecule has 0 atom stereocenters. The molecule has 0 fully saturated rings. The van der Waals surface area contributed by atoms with Crippen molar-refractivity contribution in [2.75, 3.05) is 32.1 Å². The van der Waals surface area contributed by atoms with Crippen molar-refractivity contribution in [1.29, 1.82) is 0 Å². The maximum Gasteiger partial charge on any atom is 0.260 e. The van der Waals surface area contributed by atoms with Crippen LogP contribution in [0.4, 0.5) is 5.13 Å². The summed E-state index contributed by atoms with van der Waals surface area (Å²) in [7, 11) is 3.99. The van der Waals surface area contributed by atoms with Gasteiger partial charge in [0.2, 0.25) is 0 Å². The van der Waals surface area contributed by atoms with Gasteiger partial charge in [0.15, 0.2) is 5.13 Å². The highest BCUT2D eigenvalue weighted by Gasteiger charge is 2.21. The summed E-state index contributed by atoms with van der Waals surface area (Å²) < 4.78 is 2.95. The maximum absolute atomic E-state index is 13.1. The minimum Gasteiger partial charge on any atom is -0.308 e. The van der Waals surface area contributed by atoms with E-state index < -0.39 is 0 Å². The van der Waals surface area contributed by atoms with E-state index in [1.807, 2.05) is 56.6 Å². The van der Waals surface area contributed by atoms with Crippen LogP contribution in [0.1, 0.15) is 10.4 Å². The summed E-state index contributed by atoms with van der Waals surface area (Å²) in [6, 6.07) is 13.4. The number of rotatable bonds is 5. The second kappa shape index (κ2) is 7.95. The normalized spacial score (nSPS) is 11.2. The first kappa shape index (κ1) is 18.5. The summed E-state index contributed by atoms with van der Waals surface area (Å²) in [5.74, 6) is -0.0405. The van der Waals surface area contributed by atoms with Crippen LogP contribution in [0.2, 0.25) is 0 Å². The van der Waals surface area contributed by atoms with Crippen LogP contribution in [0.5, 0.6) is 0 Å². The number of hydrogen-bond donors (Lipinski definition) is 0. The van der Waals surface area contributed by atoms with Crippen LogP contribution in [0.3, 0.4) is 0 Å². The average Bonchev–Trinajstić information content (AvgIpc) is 2.97. The number of carbonyl (C=O) groups is 1. The summed E-state index contributed by atoms with van der Waals surface area (Å²) in [6.07, 6.45) is 0. The molecule has 3 rings (SSSR count). The number of thiazole rings is 1. The minimum atomic E-state index is -0.0405. The number of fused-ring (bicyclic) bond motifs is 1. The van der Waals surface area contributed by atoms with E-state index in [0.717, 1.165) is 30.8 Å². The minimum absolute atomic E-state index is 0.0405. The summed E-state index contributed by atoms with van der Waals surface area (Å²) in [5, 5.41) is 0.722. The molecule has 0 aliphatic heterocycles. The molecule has 1 amide bonds. The molecule has 4 nitrogen and oxygen atoms in total. The topological polar surface area (TPSA) is 36.4 Å². The molecule has 1 heterocycles. The van der Waals surface area contributed by atoms with Crippen molar-refractivity contribution >= 4 is 64.5 Å². The Hall–Kier alpha value is -1.28. The van der Waals surface area contributed by atoms with E-state index in [1.165, 1.54) is 11.3 Å². The first-order chi connectivity index (χ1) is 11.9. The van der Waals surface area contributed by atoms with Gasteiger partial charge >= 0.3 is 0 Å². The largest absolute Gasteiger partial charge is 0.308 e. The molecular formula is C18H17Br2N3OS. The average molecular weight is 483 g/mol. The maximum atomic E-state index is 13.1. The van der Waals surface area contributed by atoms with Crippen molar-refractivity contribution in [3.8, 4) is 0 Å². The van der Waals surface area contributed by atoms with E-state index in [9.17, 15) is 4.79 Å². The number of hydrogen-bond acceptors (Lipinski definition) is 4. The number of anilines is 1. The van der Waals surface area contributed by atoms with Crippen molar-refractivity contribution in [2.24, 2.45) is 0 Å². The standard InChI is InChI=1S/C18H17Br2N3OS/c1-22(2)8-9-23(17(24)12-4-3-5-13(19)10-12)18-21-15-7-6-14(20)11-16(15)25-18/h3-7,10-11H,8-9H2,1-2H3. The molecule has 0 bridgehead atoms. The third kappa shape index (κ3) is 4.47. The van der Waals surface area contributed by atoms with Crippen molar-refractivity contribution in [3.05, 3.63) is 57.0 Å². The van der Waals surface area contributed by atoms with Gasteiger partial charge in [0, 0.05) is 27.6 Å². The second-order valence-corrected chi connectivity index (χ2v) is 8.72. The SMILES string of the molecule is CN(C)CCN(C(=O)c1cccc(Br)c1)c1nc2ccc(Br)cc2s1. The van der Waals surface area contributed by atoms with Gasteiger partial charge in [-0.2, -0.15) is 0 Å². The first-order valence-electron chi connectivity index (χ1n) is 7.72. The molecule has 0 unspecified atom stereocenters. The van der Waals surface area contributed by atoms with Crippen LogP contribution < -0.4 is 4.90 Å². The number of likely N-dealkylation sites (N-methyl/N-ethyl adjacent to an activating group) is 1. The van der Waals surface area contributed by atoms with Crippen LogP contribution in [-0.2, 0) is 0 Å². The van der Waals surface area contributed by atoms with Crippen LogP contribution >= 0.6 is 43.2 Å². The predicted molar refractivity (Wildman–Crippen MR) is 112 cm³/mol. The summed E-state index contributed by atoms with van der Waals surface area (Å²) in [4.78, 5) is 21.6. The van der Waals surface area contributed by atoms with Gasteiger partial charge in [0.1, 0.15) is 0 Å². The highest BCUT2D eigenvalue weighted by molar-refractivity contribution is 9.10. The summed E-state index contributed by atoms with van der Waals surface area (Å²) >= 11 is 8.46. The van der Waals surface area contributed by atoms with Gasteiger partial charge in [0.25, 0.3) is 5.91 Å². The number of carbonyl (C=O) groups excluding carboxylic acids is 1. The smallest absolute Gasteiger partial charge is 0.260 e. The zero-order valence-electron chi connectivity index (χ0n) is 13.9. The highest BCUT2D eigenvalue weighted by Crippen LogP contribution is 2.31. The fraction of sp³-hybridized carbons (Fsp3) is 0.222. The van der Waals surface area contributed by atoms with Crippen molar-refractivity contribution in [3.63, 3.8) is 0 Å². The Morgan fingerprint density at radius 2 is 1.84 bits per heavy atom. The number of nitrogens with zero attached hydrogens (tertiary/aromatic N) is 3. The second-order valence-electron chi connectivity index (χ2n) is 5.88. The lowest BCUT2D eigenvalue weighted by Gasteiger charge is -2.22. The summed E-state index contributed by atoms with van der Waals surface area (Å²) in [6.45, 7) is 1.35. The molecule has 0 saturated carbocycles. The monoisotopic (exact) mass is 481 g/mol. The predicted octanol–water partition coefficient (Wildman–Crippen LogP) is 5.03. The molecule has 0 aliphatic rings. The van der Waals surface area contributed by atoms with E-state index in [4.69, 9.17) is 0 Å². The van der Waals surface area contributed by atoms with Gasteiger partial charge in [-0.05, 0) is 50.5 Å². The molecule has 25 heavy (non-hydrogen) atoms. The molecule has 0 radical (unpaired) electrons. The van der Waals surface area contributed by atoms with Crippen LogP contribution in [0.25, 0.3) is 10.2 Å². The lowest BCUT2D eigenvalue weighted by Crippen LogP contribution is -2.36. The van der Waals surface area contributed by atoms with Gasteiger partial charge in [-0.15, -0.1) is 0 Å². The molecule has 0 N–H and O–H groups in total. The van der Waals surface area contributed by atoms with Crippen LogP contribution in [0.15, 0.2) is 51.4 Å². The van der Waals surface area contributed by atoms with Gasteiger partial charge in [-0.1, -0.05) is 49.3 Å². The van der Waals surface area contributed by atoms with E-state index in [-0.39, 0.29) is 5.91 Å². The Labute approximate surface area is 167 Å². The molecule has 2 aromatic carbocycles. The quantitative estimate of drug-likeness (QED) is 0.511. The number of benzene rings is 2. The number of aromatic nitrogens is 1. The Morgan fingerprint density at radius 1 is 1.08 bits per heavy atom. The van der Waals surface area contributed by atoms with E-state index in [2.05, 4.69) is 41.7 Å². The van der Waals surface area contributed by atoms with Crippen molar-refractivity contribution in [2.45, 2.75) is 0 Å². The van der Waals surface area contributed by atoms with Crippen molar-refractivity contribution in [1.82, 2.24) is 9.88 Å². The van der Waals surface area contributed by atoms with Gasteiger partial charge in [-0.25, -0.2) is 4.98 Å². The fourth-order valence-electron chi connectivity index (χ4n) is 2.36. The van der Waals surface area contributed by atoms with E-state index in [1.54, 1.807) is 4.90 Å². The molecule has 1 aromatic heterocycles. The third-order valence-corrected chi connectivity index (χ3v) is 5.69. The van der Waals surface area contributed by atoms with Gasteiger partial charge < -0.3 is 4.90 Å². The fourth-order valence-corrected chi connectivity index (χ4v) is 4.30. The summed E-state index contributed by atoms with van der Waals surface area (Å²) in [5.41, 5.74) is 1.55. The number of halogens is 2. The van der Waals surface area contributed by atoms with E-state index in [0.29, 0.717) is 12.1 Å². The lowest BCUT2D eigenvalue weighted by molar-refractivity contribution is 0.0985. The number of amides is 1. The van der Waals surface area contributed by atoms with Crippen LogP contribution in [0, 0.1) is 0 Å². The zero-order valence-corrected chi connectivity index (χ0v) is 17.9. The highest BCUT2D eigenvalue weighted by atomic mass is 79.9. The third-order valence-electron chi connectivity index (χ3n) is 3.66. The Bertz CT molecular complexity index is 910. The molecule has 0 saturated heterocycles. The van der Waals surface area contributed by atoms with E-state index >= 15 is 0 Å². The molecule has 3 aromatic rings. The molecule has 0 aliphatic carbocycles. The van der Waals surface area contributed by atoms with Crippen molar-refractivity contribution < 1.29 is 4.79 Å². The first-order valence-corrected chi connectivity index (χ1v) is 10.1. The Kier molecular flexibility index (Phi) is 5.89. The zero-order chi connectivity index (χ0) is 18.0. The Balaban J connectivity index is 1.99.